The van der Waals surface area contributed by atoms with Crippen molar-refractivity contribution in [1.82, 2.24) is 10.2 Å². The quantitative estimate of drug-likeness (QED) is 0.776. The summed E-state index contributed by atoms with van der Waals surface area (Å²) in [6.07, 6.45) is 7.69. The number of hydrogen-bond donors (Lipinski definition) is 1. The SMILES string of the molecule is CNC(C1=CCCCC1)C(C)(C)N1CCOCC1. The molecular formula is C15H28N2O. The fourth-order valence-corrected chi connectivity index (χ4v) is 3.44. The number of rotatable bonds is 4. The van der Waals surface area contributed by atoms with Crippen LogP contribution in [0.15, 0.2) is 11.6 Å². The average molecular weight is 252 g/mol. The third kappa shape index (κ3) is 2.95. The largest absolute Gasteiger partial charge is 0.379 e. The van der Waals surface area contributed by atoms with Crippen molar-refractivity contribution in [3.8, 4) is 0 Å². The van der Waals surface area contributed by atoms with Crippen LogP contribution in [-0.2, 0) is 4.74 Å². The van der Waals surface area contributed by atoms with Crippen molar-refractivity contribution >= 4 is 0 Å². The van der Waals surface area contributed by atoms with Gasteiger partial charge in [-0.1, -0.05) is 11.6 Å². The smallest absolute Gasteiger partial charge is 0.0594 e. The highest BCUT2D eigenvalue weighted by Crippen LogP contribution is 2.30. The van der Waals surface area contributed by atoms with Crippen LogP contribution >= 0.6 is 0 Å². The van der Waals surface area contributed by atoms with Gasteiger partial charge in [-0.25, -0.2) is 0 Å². The molecule has 1 aliphatic heterocycles. The Morgan fingerprint density at radius 1 is 1.28 bits per heavy atom. The van der Waals surface area contributed by atoms with E-state index in [1.54, 1.807) is 5.57 Å². The van der Waals surface area contributed by atoms with Crippen molar-refractivity contribution in [3.05, 3.63) is 11.6 Å². The molecule has 2 rings (SSSR count). The Hall–Kier alpha value is -0.380. The van der Waals surface area contributed by atoms with Gasteiger partial charge in [0.25, 0.3) is 0 Å². The molecule has 0 amide bonds. The van der Waals surface area contributed by atoms with Gasteiger partial charge in [0.05, 0.1) is 13.2 Å². The molecule has 0 aromatic carbocycles. The van der Waals surface area contributed by atoms with Crippen LogP contribution in [0.1, 0.15) is 39.5 Å². The Balaban J connectivity index is 2.11. The van der Waals surface area contributed by atoms with Crippen LogP contribution in [-0.4, -0.2) is 49.8 Å². The zero-order valence-electron chi connectivity index (χ0n) is 12.2. The van der Waals surface area contributed by atoms with Gasteiger partial charge in [0.1, 0.15) is 0 Å². The fourth-order valence-electron chi connectivity index (χ4n) is 3.44. The molecule has 104 valence electrons. The van der Waals surface area contributed by atoms with Crippen LogP contribution in [0.25, 0.3) is 0 Å². The first-order valence-corrected chi connectivity index (χ1v) is 7.35. The third-order valence-corrected chi connectivity index (χ3v) is 4.52. The van der Waals surface area contributed by atoms with Crippen LogP contribution in [0.2, 0.25) is 0 Å². The Kier molecular flexibility index (Phi) is 4.82. The van der Waals surface area contributed by atoms with E-state index in [9.17, 15) is 0 Å². The molecule has 0 bridgehead atoms. The van der Waals surface area contributed by atoms with Crippen molar-refractivity contribution in [1.29, 1.82) is 0 Å². The van der Waals surface area contributed by atoms with E-state index in [1.807, 2.05) is 0 Å². The second-order valence-corrected chi connectivity index (χ2v) is 6.00. The Bertz CT molecular complexity index is 293. The summed E-state index contributed by atoms with van der Waals surface area (Å²) in [5.74, 6) is 0. The summed E-state index contributed by atoms with van der Waals surface area (Å²) < 4.78 is 5.48. The maximum atomic E-state index is 5.48. The molecule has 1 N–H and O–H groups in total. The molecule has 0 spiro atoms. The Morgan fingerprint density at radius 3 is 2.56 bits per heavy atom. The van der Waals surface area contributed by atoms with Crippen LogP contribution in [0.4, 0.5) is 0 Å². The van der Waals surface area contributed by atoms with Crippen LogP contribution in [0.5, 0.6) is 0 Å². The molecule has 1 heterocycles. The third-order valence-electron chi connectivity index (χ3n) is 4.52. The van der Waals surface area contributed by atoms with Crippen LogP contribution in [0, 0.1) is 0 Å². The number of likely N-dealkylation sites (N-methyl/N-ethyl adjacent to an activating group) is 1. The summed E-state index contributed by atoms with van der Waals surface area (Å²) in [6, 6.07) is 0.468. The monoisotopic (exact) mass is 252 g/mol. The molecule has 1 aliphatic carbocycles. The number of nitrogens with one attached hydrogen (secondary N) is 1. The lowest BCUT2D eigenvalue weighted by molar-refractivity contribution is -0.0186. The number of hydrogen-bond acceptors (Lipinski definition) is 3. The lowest BCUT2D eigenvalue weighted by Gasteiger charge is -2.47. The highest BCUT2D eigenvalue weighted by molar-refractivity contribution is 5.19. The standard InChI is InChI=1S/C15H28N2O/c1-15(2,17-9-11-18-12-10-17)14(16-3)13-7-5-4-6-8-13/h7,14,16H,4-6,8-12H2,1-3H3. The van der Waals surface area contributed by atoms with Crippen LogP contribution < -0.4 is 5.32 Å². The summed E-state index contributed by atoms with van der Waals surface area (Å²) in [5.41, 5.74) is 1.78. The molecule has 2 aliphatic rings. The topological polar surface area (TPSA) is 24.5 Å². The zero-order valence-corrected chi connectivity index (χ0v) is 12.2. The van der Waals surface area contributed by atoms with E-state index in [1.165, 1.54) is 25.7 Å². The van der Waals surface area contributed by atoms with Gasteiger partial charge in [0.15, 0.2) is 0 Å². The minimum absolute atomic E-state index is 0.168. The lowest BCUT2D eigenvalue weighted by Crippen LogP contribution is -2.60. The first-order valence-electron chi connectivity index (χ1n) is 7.35. The molecule has 1 fully saturated rings. The molecule has 0 aromatic rings. The predicted molar refractivity (Wildman–Crippen MR) is 75.9 cm³/mol. The molecular weight excluding hydrogens is 224 g/mol. The Labute approximate surface area is 112 Å². The van der Waals surface area contributed by atoms with Gasteiger partial charge in [-0.15, -0.1) is 0 Å². The van der Waals surface area contributed by atoms with Gasteiger partial charge >= 0.3 is 0 Å². The number of nitrogens with zero attached hydrogens (tertiary/aromatic N) is 1. The normalized spacial score (nSPS) is 24.7. The van der Waals surface area contributed by atoms with Gasteiger partial charge in [0, 0.05) is 24.7 Å². The van der Waals surface area contributed by atoms with Crippen molar-refractivity contribution in [2.75, 3.05) is 33.4 Å². The highest BCUT2D eigenvalue weighted by Gasteiger charge is 2.37. The molecule has 0 saturated carbocycles. The highest BCUT2D eigenvalue weighted by atomic mass is 16.5. The summed E-state index contributed by atoms with van der Waals surface area (Å²) in [6.45, 7) is 8.60. The molecule has 1 atom stereocenters. The maximum absolute atomic E-state index is 5.48. The molecule has 3 heteroatoms. The van der Waals surface area contributed by atoms with E-state index < -0.39 is 0 Å². The molecule has 3 nitrogen and oxygen atoms in total. The van der Waals surface area contributed by atoms with E-state index >= 15 is 0 Å². The lowest BCUT2D eigenvalue weighted by atomic mass is 9.82. The van der Waals surface area contributed by atoms with E-state index in [2.05, 4.69) is 37.2 Å². The van der Waals surface area contributed by atoms with E-state index in [4.69, 9.17) is 4.74 Å². The molecule has 18 heavy (non-hydrogen) atoms. The van der Waals surface area contributed by atoms with Gasteiger partial charge in [0.2, 0.25) is 0 Å². The van der Waals surface area contributed by atoms with E-state index in [0.29, 0.717) is 6.04 Å². The summed E-state index contributed by atoms with van der Waals surface area (Å²) >= 11 is 0. The van der Waals surface area contributed by atoms with Gasteiger partial charge in [-0.3, -0.25) is 4.90 Å². The molecule has 1 saturated heterocycles. The molecule has 0 radical (unpaired) electrons. The summed E-state index contributed by atoms with van der Waals surface area (Å²) in [7, 11) is 2.10. The van der Waals surface area contributed by atoms with Gasteiger partial charge < -0.3 is 10.1 Å². The summed E-state index contributed by atoms with van der Waals surface area (Å²) in [5, 5.41) is 3.56. The minimum atomic E-state index is 0.168. The van der Waals surface area contributed by atoms with Crippen LogP contribution in [0.3, 0.4) is 0 Å². The predicted octanol–water partition coefficient (Wildman–Crippen LogP) is 2.19. The van der Waals surface area contributed by atoms with E-state index in [-0.39, 0.29) is 5.54 Å². The van der Waals surface area contributed by atoms with Gasteiger partial charge in [-0.2, -0.15) is 0 Å². The fraction of sp³-hybridized carbons (Fsp3) is 0.867. The first kappa shape index (κ1) is 14.0. The minimum Gasteiger partial charge on any atom is -0.379 e. The second-order valence-electron chi connectivity index (χ2n) is 6.00. The van der Waals surface area contributed by atoms with E-state index in [0.717, 1.165) is 26.3 Å². The number of morpholine rings is 1. The van der Waals surface area contributed by atoms with Crippen molar-refractivity contribution in [2.45, 2.75) is 51.1 Å². The first-order chi connectivity index (χ1) is 8.66. The van der Waals surface area contributed by atoms with Crippen molar-refractivity contribution in [2.24, 2.45) is 0 Å². The molecule has 1 unspecified atom stereocenters. The average Bonchev–Trinajstić information content (AvgIpc) is 2.41. The summed E-state index contributed by atoms with van der Waals surface area (Å²) in [4.78, 5) is 2.58. The second kappa shape index (κ2) is 6.18. The zero-order chi connectivity index (χ0) is 13.0. The van der Waals surface area contributed by atoms with Crippen molar-refractivity contribution < 1.29 is 4.74 Å². The maximum Gasteiger partial charge on any atom is 0.0594 e. The van der Waals surface area contributed by atoms with Crippen molar-refractivity contribution in [3.63, 3.8) is 0 Å². The van der Waals surface area contributed by atoms with Gasteiger partial charge in [-0.05, 0) is 46.6 Å². The molecule has 0 aromatic heterocycles. The number of ether oxygens (including phenoxy) is 1. The number of allylic oxidation sites excluding steroid dienone is 1. The Morgan fingerprint density at radius 2 is 2.00 bits per heavy atom.